The average molecular weight is 527 g/mol. The van der Waals surface area contributed by atoms with Gasteiger partial charge in [0.2, 0.25) is 5.91 Å². The Kier molecular flexibility index (Phi) is 13.2. The smallest absolute Gasteiger partial charge is 0.410 e. The first-order chi connectivity index (χ1) is 13.1. The highest BCUT2D eigenvalue weighted by Gasteiger charge is 2.30. The van der Waals surface area contributed by atoms with Crippen LogP contribution in [0.2, 0.25) is 0 Å². The van der Waals surface area contributed by atoms with Crippen LogP contribution >= 0.6 is 24.0 Å². The standard InChI is InChI=1S/C19H37N5O4.HI/c1-7-27-12-8-10-20-17(21-13-16(25)23(5)6)22-15-9-11-24(14-15)18(26)28-19(2,3)4;/h15H,7-14H2,1-6H3,(H2,20,21,22);1H. The molecule has 0 aliphatic carbocycles. The lowest BCUT2D eigenvalue weighted by Crippen LogP contribution is -2.46. The minimum atomic E-state index is -0.510. The number of likely N-dealkylation sites (N-methyl/N-ethyl adjacent to an activating group) is 1. The SMILES string of the molecule is CCOCCCNC(=NCC(=O)N(C)C)NC1CCN(C(=O)OC(C)(C)C)C1.I. The largest absolute Gasteiger partial charge is 0.444 e. The summed E-state index contributed by atoms with van der Waals surface area (Å²) in [6.45, 7) is 10.8. The van der Waals surface area contributed by atoms with Crippen molar-refractivity contribution in [2.45, 2.75) is 52.2 Å². The first kappa shape index (κ1) is 27.7. The van der Waals surface area contributed by atoms with Crippen molar-refractivity contribution in [1.82, 2.24) is 20.4 Å². The summed E-state index contributed by atoms with van der Waals surface area (Å²) in [7, 11) is 3.41. The summed E-state index contributed by atoms with van der Waals surface area (Å²) >= 11 is 0. The summed E-state index contributed by atoms with van der Waals surface area (Å²) in [5.41, 5.74) is -0.510. The normalized spacial score (nSPS) is 16.8. The lowest BCUT2D eigenvalue weighted by atomic mass is 10.2. The van der Waals surface area contributed by atoms with Gasteiger partial charge in [0, 0.05) is 53.0 Å². The van der Waals surface area contributed by atoms with E-state index in [0.717, 1.165) is 12.8 Å². The number of halogens is 1. The molecule has 2 amide bonds. The van der Waals surface area contributed by atoms with Gasteiger partial charge in [0.15, 0.2) is 5.96 Å². The highest BCUT2D eigenvalue weighted by atomic mass is 127. The van der Waals surface area contributed by atoms with Crippen LogP contribution in [-0.2, 0) is 14.3 Å². The van der Waals surface area contributed by atoms with Crippen molar-refractivity contribution in [3.8, 4) is 0 Å². The van der Waals surface area contributed by atoms with Crippen LogP contribution in [0.1, 0.15) is 40.5 Å². The second kappa shape index (κ2) is 13.8. The highest BCUT2D eigenvalue weighted by molar-refractivity contribution is 14.0. The van der Waals surface area contributed by atoms with E-state index in [-0.39, 0.29) is 48.6 Å². The summed E-state index contributed by atoms with van der Waals surface area (Å²) in [5.74, 6) is 0.500. The molecule has 0 radical (unpaired) electrons. The zero-order chi connectivity index (χ0) is 21.2. The summed E-state index contributed by atoms with van der Waals surface area (Å²) in [5, 5.41) is 6.56. The minimum absolute atomic E-state index is 0. The Balaban J connectivity index is 0.00000784. The van der Waals surface area contributed by atoms with Gasteiger partial charge in [0.1, 0.15) is 12.1 Å². The topological polar surface area (TPSA) is 95.5 Å². The Bertz CT molecular complexity index is 537. The monoisotopic (exact) mass is 527 g/mol. The average Bonchev–Trinajstić information content (AvgIpc) is 3.06. The first-order valence-electron chi connectivity index (χ1n) is 9.93. The molecule has 2 N–H and O–H groups in total. The molecular formula is C19H38IN5O4. The molecule has 0 aromatic carbocycles. The maximum absolute atomic E-state index is 12.2. The van der Waals surface area contributed by atoms with E-state index in [1.165, 1.54) is 4.90 Å². The van der Waals surface area contributed by atoms with Crippen molar-refractivity contribution in [3.63, 3.8) is 0 Å². The van der Waals surface area contributed by atoms with Crippen molar-refractivity contribution in [1.29, 1.82) is 0 Å². The summed E-state index contributed by atoms with van der Waals surface area (Å²) < 4.78 is 10.8. The molecule has 1 heterocycles. The second-order valence-electron chi connectivity index (χ2n) is 7.99. The Morgan fingerprint density at radius 2 is 1.97 bits per heavy atom. The van der Waals surface area contributed by atoms with Crippen LogP contribution in [0.5, 0.6) is 0 Å². The molecule has 0 bridgehead atoms. The minimum Gasteiger partial charge on any atom is -0.444 e. The van der Waals surface area contributed by atoms with E-state index in [9.17, 15) is 9.59 Å². The van der Waals surface area contributed by atoms with Crippen molar-refractivity contribution in [3.05, 3.63) is 0 Å². The molecule has 9 nitrogen and oxygen atoms in total. The molecule has 1 fully saturated rings. The fraction of sp³-hybridized carbons (Fsp3) is 0.842. The third-order valence-electron chi connectivity index (χ3n) is 4.01. The van der Waals surface area contributed by atoms with Crippen molar-refractivity contribution in [2.75, 3.05) is 53.5 Å². The lowest BCUT2D eigenvalue weighted by Gasteiger charge is -2.24. The number of rotatable bonds is 8. The number of ether oxygens (including phenoxy) is 2. The number of guanidine groups is 1. The fourth-order valence-electron chi connectivity index (χ4n) is 2.53. The van der Waals surface area contributed by atoms with Crippen molar-refractivity contribution in [2.24, 2.45) is 4.99 Å². The molecule has 1 atom stereocenters. The van der Waals surface area contributed by atoms with Gasteiger partial charge in [-0.15, -0.1) is 24.0 Å². The number of carbonyl (C=O) groups is 2. The van der Waals surface area contributed by atoms with E-state index in [4.69, 9.17) is 9.47 Å². The summed E-state index contributed by atoms with van der Waals surface area (Å²) in [6, 6.07) is 0.0557. The van der Waals surface area contributed by atoms with Crippen LogP contribution in [0.3, 0.4) is 0 Å². The van der Waals surface area contributed by atoms with Gasteiger partial charge in [-0.3, -0.25) is 4.79 Å². The molecule has 10 heteroatoms. The van der Waals surface area contributed by atoms with Crippen LogP contribution < -0.4 is 10.6 Å². The molecule has 1 aliphatic heterocycles. The number of hydrogen-bond acceptors (Lipinski definition) is 5. The number of amides is 2. The first-order valence-corrected chi connectivity index (χ1v) is 9.93. The Hall–Kier alpha value is -1.30. The Labute approximate surface area is 192 Å². The number of likely N-dealkylation sites (tertiary alicyclic amines) is 1. The van der Waals surface area contributed by atoms with Gasteiger partial charge in [0.25, 0.3) is 0 Å². The zero-order valence-electron chi connectivity index (χ0n) is 18.6. The van der Waals surface area contributed by atoms with Gasteiger partial charge in [-0.05, 0) is 40.5 Å². The van der Waals surface area contributed by atoms with Crippen molar-refractivity contribution < 1.29 is 19.1 Å². The van der Waals surface area contributed by atoms with E-state index >= 15 is 0 Å². The molecule has 1 saturated heterocycles. The second-order valence-corrected chi connectivity index (χ2v) is 7.99. The Morgan fingerprint density at radius 3 is 2.55 bits per heavy atom. The van der Waals surface area contributed by atoms with Gasteiger partial charge in [-0.1, -0.05) is 0 Å². The number of carbonyl (C=O) groups excluding carboxylic acids is 2. The van der Waals surface area contributed by atoms with E-state index in [1.807, 2.05) is 27.7 Å². The predicted octanol–water partition coefficient (Wildman–Crippen LogP) is 1.66. The number of nitrogens with zero attached hydrogens (tertiary/aromatic N) is 3. The highest BCUT2D eigenvalue weighted by Crippen LogP contribution is 2.15. The van der Waals surface area contributed by atoms with E-state index in [0.29, 0.717) is 38.8 Å². The van der Waals surface area contributed by atoms with Gasteiger partial charge < -0.3 is 29.9 Å². The fourth-order valence-corrected chi connectivity index (χ4v) is 2.53. The van der Waals surface area contributed by atoms with E-state index in [2.05, 4.69) is 15.6 Å². The zero-order valence-corrected chi connectivity index (χ0v) is 20.9. The van der Waals surface area contributed by atoms with E-state index < -0.39 is 5.60 Å². The predicted molar refractivity (Wildman–Crippen MR) is 125 cm³/mol. The van der Waals surface area contributed by atoms with Gasteiger partial charge >= 0.3 is 6.09 Å². The third kappa shape index (κ3) is 12.1. The molecule has 1 unspecified atom stereocenters. The van der Waals surface area contributed by atoms with Gasteiger partial charge in [-0.25, -0.2) is 9.79 Å². The quantitative estimate of drug-likeness (QED) is 0.216. The number of hydrogen-bond donors (Lipinski definition) is 2. The Morgan fingerprint density at radius 1 is 1.28 bits per heavy atom. The molecule has 0 saturated carbocycles. The summed E-state index contributed by atoms with van der Waals surface area (Å²) in [4.78, 5) is 31.7. The van der Waals surface area contributed by atoms with Crippen LogP contribution in [0.4, 0.5) is 4.79 Å². The maximum atomic E-state index is 12.2. The van der Waals surface area contributed by atoms with Crippen LogP contribution in [0.15, 0.2) is 4.99 Å². The molecule has 29 heavy (non-hydrogen) atoms. The summed E-state index contributed by atoms with van der Waals surface area (Å²) in [6.07, 6.45) is 1.33. The molecule has 1 rings (SSSR count). The van der Waals surface area contributed by atoms with Gasteiger partial charge in [0.05, 0.1) is 0 Å². The molecular weight excluding hydrogens is 489 g/mol. The maximum Gasteiger partial charge on any atom is 0.410 e. The lowest BCUT2D eigenvalue weighted by molar-refractivity contribution is -0.127. The number of aliphatic imine (C=N–C) groups is 1. The van der Waals surface area contributed by atoms with Crippen LogP contribution in [0, 0.1) is 0 Å². The van der Waals surface area contributed by atoms with E-state index in [1.54, 1.807) is 19.0 Å². The van der Waals surface area contributed by atoms with Crippen molar-refractivity contribution >= 4 is 41.9 Å². The molecule has 170 valence electrons. The molecule has 0 aromatic rings. The van der Waals surface area contributed by atoms with Crippen LogP contribution in [-0.4, -0.2) is 92.9 Å². The number of nitrogens with one attached hydrogen (secondary N) is 2. The van der Waals surface area contributed by atoms with Gasteiger partial charge in [-0.2, -0.15) is 0 Å². The molecule has 0 aromatic heterocycles. The third-order valence-corrected chi connectivity index (χ3v) is 4.01. The molecule has 1 aliphatic rings. The van der Waals surface area contributed by atoms with Crippen LogP contribution in [0.25, 0.3) is 0 Å². The molecule has 0 spiro atoms.